The minimum absolute atomic E-state index is 0.196. The van der Waals surface area contributed by atoms with Crippen molar-refractivity contribution < 1.29 is 9.59 Å². The molecule has 0 saturated carbocycles. The lowest BCUT2D eigenvalue weighted by molar-refractivity contribution is -0.124. The van der Waals surface area contributed by atoms with Gasteiger partial charge in [-0.1, -0.05) is 12.1 Å². The van der Waals surface area contributed by atoms with E-state index in [9.17, 15) is 9.59 Å². The summed E-state index contributed by atoms with van der Waals surface area (Å²) in [5.74, 6) is -0.628. The zero-order valence-electron chi connectivity index (χ0n) is 10.9. The average Bonchev–Trinajstić information content (AvgIpc) is 2.87. The van der Waals surface area contributed by atoms with Crippen LogP contribution in [-0.4, -0.2) is 31.4 Å². The summed E-state index contributed by atoms with van der Waals surface area (Å²) in [4.78, 5) is 28.8. The lowest BCUT2D eigenvalue weighted by atomic mass is 10.3. The molecule has 0 bridgehead atoms. The van der Waals surface area contributed by atoms with E-state index in [1.807, 2.05) is 18.2 Å². The fraction of sp³-hybridized carbons (Fsp3) is 0.154. The molecule has 2 amide bonds. The zero-order valence-corrected chi connectivity index (χ0v) is 10.9. The van der Waals surface area contributed by atoms with Crippen LogP contribution in [0, 0.1) is 0 Å². The largest absolute Gasteiger partial charge is 0.277 e. The van der Waals surface area contributed by atoms with Crippen LogP contribution >= 0.6 is 0 Å². The number of imide groups is 1. The van der Waals surface area contributed by atoms with E-state index in [4.69, 9.17) is 0 Å². The molecule has 0 radical (unpaired) electrons. The Kier molecular flexibility index (Phi) is 2.67. The van der Waals surface area contributed by atoms with Gasteiger partial charge >= 0.3 is 0 Å². The van der Waals surface area contributed by atoms with Gasteiger partial charge in [0.15, 0.2) is 5.82 Å². The van der Waals surface area contributed by atoms with Crippen LogP contribution in [0.25, 0.3) is 16.7 Å². The van der Waals surface area contributed by atoms with Crippen molar-refractivity contribution in [1.29, 1.82) is 0 Å². The number of para-hydroxylation sites is 2. The number of carbonyl (C=O) groups excluding carboxylic acids is 2. The fourth-order valence-corrected chi connectivity index (χ4v) is 2.16. The number of hydrogen-bond acceptors (Lipinski definition) is 5. The Bertz CT molecular complexity index is 825. The second-order valence-electron chi connectivity index (χ2n) is 4.32. The monoisotopic (exact) mass is 269 g/mol. The topological polar surface area (TPSA) is 80.5 Å². The van der Waals surface area contributed by atoms with Gasteiger partial charge in [0.05, 0.1) is 11.0 Å². The normalized spacial score (nSPS) is 10.9. The Morgan fingerprint density at radius 1 is 1.15 bits per heavy atom. The van der Waals surface area contributed by atoms with E-state index in [0.29, 0.717) is 11.2 Å². The molecule has 0 fully saturated rings. The van der Waals surface area contributed by atoms with Gasteiger partial charge in [-0.05, 0) is 12.1 Å². The van der Waals surface area contributed by atoms with Crippen molar-refractivity contribution in [3.8, 4) is 0 Å². The molecule has 20 heavy (non-hydrogen) atoms. The van der Waals surface area contributed by atoms with Crippen molar-refractivity contribution in [2.75, 3.05) is 4.90 Å². The molecule has 2 aromatic heterocycles. The van der Waals surface area contributed by atoms with Crippen LogP contribution in [0.4, 0.5) is 5.82 Å². The Balaban J connectivity index is 2.41. The standard InChI is InChI=1S/C13H11N5O2/c1-8(19)18(9(2)20)12-13-16-14-7-17(13)11-6-4-3-5-10(11)15-12/h3-7H,1-2H3. The molecule has 0 unspecified atom stereocenters. The quantitative estimate of drug-likeness (QED) is 0.662. The van der Waals surface area contributed by atoms with E-state index >= 15 is 0 Å². The zero-order chi connectivity index (χ0) is 14.3. The van der Waals surface area contributed by atoms with Crippen LogP contribution in [0.1, 0.15) is 13.8 Å². The molecule has 100 valence electrons. The average molecular weight is 269 g/mol. The molecule has 0 saturated heterocycles. The minimum Gasteiger partial charge on any atom is -0.277 e. The second kappa shape index (κ2) is 4.37. The Morgan fingerprint density at radius 3 is 2.55 bits per heavy atom. The molecule has 0 N–H and O–H groups in total. The van der Waals surface area contributed by atoms with Gasteiger partial charge in [-0.2, -0.15) is 0 Å². The summed E-state index contributed by atoms with van der Waals surface area (Å²) in [5, 5.41) is 7.80. The number of benzene rings is 1. The van der Waals surface area contributed by atoms with Crippen LogP contribution in [-0.2, 0) is 9.59 Å². The van der Waals surface area contributed by atoms with Gasteiger partial charge in [-0.3, -0.25) is 14.0 Å². The molecule has 7 nitrogen and oxygen atoms in total. The molecule has 2 heterocycles. The minimum atomic E-state index is -0.412. The number of anilines is 1. The first kappa shape index (κ1) is 12.2. The molecule has 3 rings (SSSR count). The number of carbonyl (C=O) groups is 2. The summed E-state index contributed by atoms with van der Waals surface area (Å²) in [6.45, 7) is 2.62. The van der Waals surface area contributed by atoms with E-state index in [0.717, 1.165) is 10.4 Å². The molecule has 7 heteroatoms. The molecule has 1 aromatic carbocycles. The lowest BCUT2D eigenvalue weighted by Gasteiger charge is -2.17. The van der Waals surface area contributed by atoms with Crippen molar-refractivity contribution in [3.05, 3.63) is 30.6 Å². The van der Waals surface area contributed by atoms with Crippen LogP contribution in [0.3, 0.4) is 0 Å². The first-order chi connectivity index (χ1) is 9.59. The van der Waals surface area contributed by atoms with Crippen molar-refractivity contribution in [1.82, 2.24) is 19.6 Å². The van der Waals surface area contributed by atoms with E-state index < -0.39 is 11.8 Å². The van der Waals surface area contributed by atoms with Gasteiger partial charge in [0.25, 0.3) is 0 Å². The van der Waals surface area contributed by atoms with Crippen LogP contribution in [0.2, 0.25) is 0 Å². The first-order valence-electron chi connectivity index (χ1n) is 5.99. The molecule has 0 aliphatic carbocycles. The maximum atomic E-state index is 11.7. The van der Waals surface area contributed by atoms with E-state index in [-0.39, 0.29) is 5.82 Å². The maximum Gasteiger partial charge on any atom is 0.231 e. The SMILES string of the molecule is CC(=O)N(C(C)=O)c1nc2ccccc2n2cnnc12. The smallest absolute Gasteiger partial charge is 0.231 e. The highest BCUT2D eigenvalue weighted by molar-refractivity contribution is 6.14. The van der Waals surface area contributed by atoms with Crippen molar-refractivity contribution in [2.24, 2.45) is 0 Å². The number of rotatable bonds is 1. The number of fused-ring (bicyclic) bond motifs is 3. The molecule has 3 aromatic rings. The highest BCUT2D eigenvalue weighted by atomic mass is 16.2. The summed E-state index contributed by atoms with van der Waals surface area (Å²) < 4.78 is 1.70. The molecular formula is C13H11N5O2. The molecular weight excluding hydrogens is 258 g/mol. The highest BCUT2D eigenvalue weighted by Crippen LogP contribution is 2.23. The predicted octanol–water partition coefficient (Wildman–Crippen LogP) is 1.18. The van der Waals surface area contributed by atoms with Crippen LogP contribution < -0.4 is 4.90 Å². The molecule has 0 atom stereocenters. The van der Waals surface area contributed by atoms with E-state index in [2.05, 4.69) is 15.2 Å². The van der Waals surface area contributed by atoms with Crippen LogP contribution in [0.15, 0.2) is 30.6 Å². The van der Waals surface area contributed by atoms with Gasteiger partial charge < -0.3 is 0 Å². The Labute approximate surface area is 113 Å². The van der Waals surface area contributed by atoms with Crippen molar-refractivity contribution in [2.45, 2.75) is 13.8 Å². The summed E-state index contributed by atoms with van der Waals surface area (Å²) >= 11 is 0. The van der Waals surface area contributed by atoms with E-state index in [1.165, 1.54) is 20.2 Å². The van der Waals surface area contributed by atoms with Crippen molar-refractivity contribution >= 4 is 34.3 Å². The lowest BCUT2D eigenvalue weighted by Crippen LogP contribution is -2.34. The number of aromatic nitrogens is 4. The second-order valence-corrected chi connectivity index (χ2v) is 4.32. The third-order valence-electron chi connectivity index (χ3n) is 2.96. The predicted molar refractivity (Wildman–Crippen MR) is 72.1 cm³/mol. The number of nitrogens with zero attached hydrogens (tertiary/aromatic N) is 5. The van der Waals surface area contributed by atoms with Gasteiger partial charge in [-0.15, -0.1) is 10.2 Å². The van der Waals surface area contributed by atoms with E-state index in [1.54, 1.807) is 10.5 Å². The van der Waals surface area contributed by atoms with Gasteiger partial charge in [-0.25, -0.2) is 9.88 Å². The maximum absolute atomic E-state index is 11.7. The third kappa shape index (κ3) is 1.71. The highest BCUT2D eigenvalue weighted by Gasteiger charge is 2.23. The molecule has 0 aliphatic rings. The van der Waals surface area contributed by atoms with Crippen molar-refractivity contribution in [3.63, 3.8) is 0 Å². The van der Waals surface area contributed by atoms with Gasteiger partial charge in [0.1, 0.15) is 6.33 Å². The Hall–Kier alpha value is -2.83. The summed E-state index contributed by atoms with van der Waals surface area (Å²) in [5.41, 5.74) is 1.83. The summed E-state index contributed by atoms with van der Waals surface area (Å²) in [6.07, 6.45) is 1.53. The molecule has 0 aliphatic heterocycles. The van der Waals surface area contributed by atoms with Gasteiger partial charge in [0.2, 0.25) is 17.5 Å². The van der Waals surface area contributed by atoms with Crippen LogP contribution in [0.5, 0.6) is 0 Å². The Morgan fingerprint density at radius 2 is 1.85 bits per heavy atom. The fourth-order valence-electron chi connectivity index (χ4n) is 2.16. The molecule has 0 spiro atoms. The number of amides is 2. The first-order valence-corrected chi connectivity index (χ1v) is 5.99. The summed E-state index contributed by atoms with van der Waals surface area (Å²) in [6, 6.07) is 7.38. The number of hydrogen-bond donors (Lipinski definition) is 0. The van der Waals surface area contributed by atoms with Gasteiger partial charge in [0, 0.05) is 13.8 Å². The summed E-state index contributed by atoms with van der Waals surface area (Å²) in [7, 11) is 0. The third-order valence-corrected chi connectivity index (χ3v) is 2.96.